The Morgan fingerprint density at radius 1 is 0.958 bits per heavy atom. The average Bonchev–Trinajstić information content (AvgIpc) is 2.62. The van der Waals surface area contributed by atoms with Crippen LogP contribution in [0.15, 0.2) is 60.7 Å². The van der Waals surface area contributed by atoms with E-state index >= 15 is 0 Å². The molecule has 0 aliphatic heterocycles. The molecule has 2 aromatic rings. The predicted molar refractivity (Wildman–Crippen MR) is 89.5 cm³/mol. The van der Waals surface area contributed by atoms with E-state index in [0.717, 1.165) is 0 Å². The van der Waals surface area contributed by atoms with Crippen LogP contribution in [0.2, 0.25) is 0 Å². The first-order valence-corrected chi connectivity index (χ1v) is 7.44. The highest BCUT2D eigenvalue weighted by molar-refractivity contribution is 5.97. The van der Waals surface area contributed by atoms with E-state index in [2.05, 4.69) is 0 Å². The lowest BCUT2D eigenvalue weighted by Gasteiger charge is -2.09. The van der Waals surface area contributed by atoms with Gasteiger partial charge < -0.3 is 14.2 Å². The van der Waals surface area contributed by atoms with Gasteiger partial charge >= 0.3 is 11.9 Å². The van der Waals surface area contributed by atoms with Crippen molar-refractivity contribution in [2.24, 2.45) is 0 Å². The fraction of sp³-hybridized carbons (Fsp3) is 0.158. The Morgan fingerprint density at radius 2 is 1.62 bits per heavy atom. The molecule has 0 radical (unpaired) electrons. The largest absolute Gasteiger partial charge is 0.497 e. The number of methoxy groups -OCH3 is 1. The Labute approximate surface area is 140 Å². The van der Waals surface area contributed by atoms with Gasteiger partial charge in [-0.05, 0) is 31.2 Å². The SMILES string of the molecule is CCOC(=O)C=C(OC(=O)c1ccc(OC)cc1)c1ccccc1. The smallest absolute Gasteiger partial charge is 0.343 e. The number of ether oxygens (including phenoxy) is 3. The first-order chi connectivity index (χ1) is 11.6. The molecule has 124 valence electrons. The van der Waals surface area contributed by atoms with Gasteiger partial charge in [0.1, 0.15) is 11.5 Å². The lowest BCUT2D eigenvalue weighted by atomic mass is 10.1. The van der Waals surface area contributed by atoms with Crippen LogP contribution in [0.25, 0.3) is 5.76 Å². The van der Waals surface area contributed by atoms with Gasteiger partial charge in [-0.2, -0.15) is 0 Å². The summed E-state index contributed by atoms with van der Waals surface area (Å²) in [7, 11) is 1.54. The van der Waals surface area contributed by atoms with Crippen molar-refractivity contribution in [1.82, 2.24) is 0 Å². The van der Waals surface area contributed by atoms with Gasteiger partial charge in [-0.25, -0.2) is 9.59 Å². The second-order valence-corrected chi connectivity index (χ2v) is 4.74. The normalized spacial score (nSPS) is 10.8. The van der Waals surface area contributed by atoms with Crippen LogP contribution in [-0.2, 0) is 14.3 Å². The Morgan fingerprint density at radius 3 is 2.21 bits per heavy atom. The number of benzene rings is 2. The van der Waals surface area contributed by atoms with Gasteiger partial charge in [0.25, 0.3) is 0 Å². The highest BCUT2D eigenvalue weighted by Gasteiger charge is 2.14. The van der Waals surface area contributed by atoms with Crippen molar-refractivity contribution in [2.75, 3.05) is 13.7 Å². The van der Waals surface area contributed by atoms with Crippen molar-refractivity contribution in [2.45, 2.75) is 6.92 Å². The number of esters is 2. The van der Waals surface area contributed by atoms with Gasteiger partial charge in [0, 0.05) is 5.56 Å². The van der Waals surface area contributed by atoms with Crippen LogP contribution in [0.3, 0.4) is 0 Å². The molecule has 0 fully saturated rings. The maximum absolute atomic E-state index is 12.3. The third-order valence-electron chi connectivity index (χ3n) is 3.12. The van der Waals surface area contributed by atoms with Crippen LogP contribution in [0.1, 0.15) is 22.8 Å². The van der Waals surface area contributed by atoms with Gasteiger partial charge in [0.05, 0.1) is 25.4 Å². The van der Waals surface area contributed by atoms with Crippen molar-refractivity contribution in [3.63, 3.8) is 0 Å². The van der Waals surface area contributed by atoms with E-state index in [9.17, 15) is 9.59 Å². The summed E-state index contributed by atoms with van der Waals surface area (Å²) in [6.07, 6.45) is 1.17. The van der Waals surface area contributed by atoms with Crippen molar-refractivity contribution >= 4 is 17.7 Å². The molecule has 0 unspecified atom stereocenters. The molecule has 0 heterocycles. The first-order valence-electron chi connectivity index (χ1n) is 7.44. The van der Waals surface area contributed by atoms with Gasteiger partial charge in [0.2, 0.25) is 0 Å². The molecular weight excluding hydrogens is 308 g/mol. The van der Waals surface area contributed by atoms with E-state index in [1.807, 2.05) is 6.07 Å². The standard InChI is InChI=1S/C19H18O5/c1-3-23-18(20)13-17(14-7-5-4-6-8-14)24-19(21)15-9-11-16(22-2)12-10-15/h4-13H,3H2,1-2H3. The zero-order valence-electron chi connectivity index (χ0n) is 13.5. The monoisotopic (exact) mass is 326 g/mol. The maximum Gasteiger partial charge on any atom is 0.343 e. The molecule has 0 aromatic heterocycles. The van der Waals surface area contributed by atoms with Crippen LogP contribution in [-0.4, -0.2) is 25.7 Å². The van der Waals surface area contributed by atoms with E-state index in [4.69, 9.17) is 14.2 Å². The number of carbonyl (C=O) groups is 2. The zero-order valence-corrected chi connectivity index (χ0v) is 13.5. The van der Waals surface area contributed by atoms with Crippen LogP contribution in [0.5, 0.6) is 5.75 Å². The molecule has 5 nitrogen and oxygen atoms in total. The number of rotatable bonds is 6. The van der Waals surface area contributed by atoms with Gasteiger partial charge in [-0.3, -0.25) is 0 Å². The summed E-state index contributed by atoms with van der Waals surface area (Å²) in [4.78, 5) is 24.0. The number of hydrogen-bond donors (Lipinski definition) is 0. The molecule has 2 rings (SSSR count). The Kier molecular flexibility index (Phi) is 6.14. The minimum atomic E-state index is -0.572. The molecule has 0 aliphatic rings. The predicted octanol–water partition coefficient (Wildman–Crippen LogP) is 3.46. The molecule has 0 N–H and O–H groups in total. The summed E-state index contributed by atoms with van der Waals surface area (Å²) < 4.78 is 15.3. The molecule has 0 saturated carbocycles. The van der Waals surface area contributed by atoms with Crippen molar-refractivity contribution in [1.29, 1.82) is 0 Å². The van der Waals surface area contributed by atoms with Crippen LogP contribution in [0.4, 0.5) is 0 Å². The lowest BCUT2D eigenvalue weighted by Crippen LogP contribution is -2.08. The summed E-state index contributed by atoms with van der Waals surface area (Å²) in [5.74, 6) is -0.372. The Balaban J connectivity index is 2.24. The Bertz CT molecular complexity index is 717. The number of carbonyl (C=O) groups excluding carboxylic acids is 2. The molecule has 2 aromatic carbocycles. The zero-order chi connectivity index (χ0) is 17.4. The minimum absolute atomic E-state index is 0.134. The molecule has 5 heteroatoms. The second-order valence-electron chi connectivity index (χ2n) is 4.74. The van der Waals surface area contributed by atoms with E-state index in [1.165, 1.54) is 6.08 Å². The molecule has 0 aliphatic carbocycles. The molecule has 0 bridgehead atoms. The first kappa shape index (κ1) is 17.3. The maximum atomic E-state index is 12.3. The summed E-state index contributed by atoms with van der Waals surface area (Å²) in [6.45, 7) is 1.95. The van der Waals surface area contributed by atoms with Gasteiger partial charge in [0.15, 0.2) is 0 Å². The quantitative estimate of drug-likeness (QED) is 0.462. The van der Waals surface area contributed by atoms with E-state index < -0.39 is 11.9 Å². The van der Waals surface area contributed by atoms with Crippen molar-refractivity contribution in [3.8, 4) is 5.75 Å². The molecule has 0 atom stereocenters. The summed E-state index contributed by atoms with van der Waals surface area (Å²) in [6, 6.07) is 15.4. The molecule has 0 amide bonds. The fourth-order valence-corrected chi connectivity index (χ4v) is 1.95. The minimum Gasteiger partial charge on any atom is -0.497 e. The van der Waals surface area contributed by atoms with E-state index in [-0.39, 0.29) is 12.4 Å². The van der Waals surface area contributed by atoms with Gasteiger partial charge in [-0.1, -0.05) is 30.3 Å². The van der Waals surface area contributed by atoms with Gasteiger partial charge in [-0.15, -0.1) is 0 Å². The van der Waals surface area contributed by atoms with Crippen LogP contribution < -0.4 is 4.74 Å². The molecule has 0 spiro atoms. The third kappa shape index (κ3) is 4.71. The molecule has 0 saturated heterocycles. The van der Waals surface area contributed by atoms with Crippen LogP contribution >= 0.6 is 0 Å². The third-order valence-corrected chi connectivity index (χ3v) is 3.12. The highest BCUT2D eigenvalue weighted by atomic mass is 16.5. The summed E-state index contributed by atoms with van der Waals surface area (Å²) in [5, 5.41) is 0. The van der Waals surface area contributed by atoms with Crippen LogP contribution in [0, 0.1) is 0 Å². The topological polar surface area (TPSA) is 61.8 Å². The van der Waals surface area contributed by atoms with E-state index in [0.29, 0.717) is 16.9 Å². The second kappa shape index (κ2) is 8.53. The summed E-state index contributed by atoms with van der Waals surface area (Å²) >= 11 is 0. The van der Waals surface area contributed by atoms with Crippen molar-refractivity contribution < 1.29 is 23.8 Å². The average molecular weight is 326 g/mol. The van der Waals surface area contributed by atoms with E-state index in [1.54, 1.807) is 62.6 Å². The highest BCUT2D eigenvalue weighted by Crippen LogP contribution is 2.19. The summed E-state index contributed by atoms with van der Waals surface area (Å²) in [5.41, 5.74) is 0.953. The molecule has 24 heavy (non-hydrogen) atoms. The van der Waals surface area contributed by atoms with Crippen molar-refractivity contribution in [3.05, 3.63) is 71.8 Å². The molecular formula is C19H18O5. The lowest BCUT2D eigenvalue weighted by molar-refractivity contribution is -0.137. The fourth-order valence-electron chi connectivity index (χ4n) is 1.95. The Hall–Kier alpha value is -3.08. The number of hydrogen-bond acceptors (Lipinski definition) is 5.